The van der Waals surface area contributed by atoms with E-state index in [1.165, 1.54) is 18.3 Å². The molecule has 0 spiro atoms. The van der Waals surface area contributed by atoms with Gasteiger partial charge in [0.1, 0.15) is 0 Å². The summed E-state index contributed by atoms with van der Waals surface area (Å²) in [5.74, 6) is 1.15. The highest BCUT2D eigenvalue weighted by Gasteiger charge is 2.29. The van der Waals surface area contributed by atoms with Gasteiger partial charge in [0.25, 0.3) is 0 Å². The van der Waals surface area contributed by atoms with E-state index in [1.54, 1.807) is 33.5 Å². The minimum Gasteiger partial charge on any atom is -0.493 e. The molecule has 224 valence electrons. The van der Waals surface area contributed by atoms with Crippen molar-refractivity contribution in [1.29, 1.82) is 0 Å². The largest absolute Gasteiger partial charge is 0.493 e. The number of carbonyl (C=O) groups is 2. The molecule has 0 saturated heterocycles. The first kappa shape index (κ1) is 29.8. The van der Waals surface area contributed by atoms with Gasteiger partial charge in [-0.05, 0) is 66.3 Å². The number of amides is 2. The normalized spacial score (nSPS) is 13.7. The molecular formula is C32H34N4O6S. The molecule has 1 aromatic heterocycles. The number of carbonyl (C=O) groups excluding carboxylic acids is 2. The van der Waals surface area contributed by atoms with Crippen LogP contribution in [-0.4, -0.2) is 44.7 Å². The van der Waals surface area contributed by atoms with E-state index in [0.29, 0.717) is 59.4 Å². The van der Waals surface area contributed by atoms with Crippen molar-refractivity contribution < 1.29 is 23.8 Å². The SMILES string of the molecule is COc1cc2c(c(OC)c1OC)-c1ccc(NCCCC(=O)Nc3nc4ccccc4s3)c(=O)cc1C(NC(C)=O)CC2. The fourth-order valence-corrected chi connectivity index (χ4v) is 6.32. The van der Waals surface area contributed by atoms with Gasteiger partial charge in [-0.25, -0.2) is 4.98 Å². The predicted molar refractivity (Wildman–Crippen MR) is 169 cm³/mol. The van der Waals surface area contributed by atoms with Gasteiger partial charge in [-0.2, -0.15) is 0 Å². The van der Waals surface area contributed by atoms with Gasteiger partial charge in [-0.3, -0.25) is 14.4 Å². The smallest absolute Gasteiger partial charge is 0.226 e. The highest BCUT2D eigenvalue weighted by molar-refractivity contribution is 7.22. The molecule has 1 aliphatic carbocycles. The number of thiazole rings is 1. The number of rotatable bonds is 10. The van der Waals surface area contributed by atoms with Crippen LogP contribution >= 0.6 is 11.3 Å². The molecule has 1 unspecified atom stereocenters. The Morgan fingerprint density at radius 1 is 1.02 bits per heavy atom. The van der Waals surface area contributed by atoms with Gasteiger partial charge in [0, 0.05) is 25.5 Å². The van der Waals surface area contributed by atoms with Gasteiger partial charge in [-0.1, -0.05) is 29.5 Å². The van der Waals surface area contributed by atoms with Crippen LogP contribution in [-0.2, 0) is 16.0 Å². The van der Waals surface area contributed by atoms with E-state index in [9.17, 15) is 14.4 Å². The van der Waals surface area contributed by atoms with E-state index in [2.05, 4.69) is 20.9 Å². The van der Waals surface area contributed by atoms with Crippen molar-refractivity contribution in [1.82, 2.24) is 10.3 Å². The van der Waals surface area contributed by atoms with Crippen molar-refractivity contribution in [2.24, 2.45) is 0 Å². The second kappa shape index (κ2) is 13.1. The standard InChI is InChI=1S/C32H34N4O6S/c1-18(37)34-22-13-11-19-16-26(40-2)30(41-3)31(42-4)29(19)20-12-14-23(25(38)17-21(20)22)33-15-7-10-28(39)36-32-35-24-8-5-6-9-27(24)43-32/h5-6,8-9,12,14,16-17,22H,7,10-11,13,15H2,1-4H3,(H,33,38)(H,34,37)(H,35,36,39). The minimum absolute atomic E-state index is 0.139. The van der Waals surface area contributed by atoms with E-state index in [4.69, 9.17) is 14.2 Å². The zero-order chi connectivity index (χ0) is 30.5. The van der Waals surface area contributed by atoms with Crippen LogP contribution in [0, 0.1) is 0 Å². The van der Waals surface area contributed by atoms with Crippen molar-refractivity contribution in [3.63, 3.8) is 0 Å². The Kier molecular flexibility index (Phi) is 9.10. The summed E-state index contributed by atoms with van der Waals surface area (Å²) in [6.07, 6.45) is 1.97. The number of fused-ring (bicyclic) bond motifs is 4. The van der Waals surface area contributed by atoms with Crippen molar-refractivity contribution >= 4 is 44.2 Å². The van der Waals surface area contributed by atoms with Crippen LogP contribution in [0.25, 0.3) is 21.3 Å². The molecule has 43 heavy (non-hydrogen) atoms. The van der Waals surface area contributed by atoms with Gasteiger partial charge in [0.05, 0.1) is 43.3 Å². The molecule has 0 aliphatic heterocycles. The van der Waals surface area contributed by atoms with Crippen LogP contribution in [0.15, 0.2) is 53.3 Å². The Morgan fingerprint density at radius 2 is 1.81 bits per heavy atom. The summed E-state index contributed by atoms with van der Waals surface area (Å²) in [5.41, 5.74) is 4.20. The van der Waals surface area contributed by atoms with Gasteiger partial charge in [-0.15, -0.1) is 0 Å². The van der Waals surface area contributed by atoms with Crippen LogP contribution in [0.2, 0.25) is 0 Å². The van der Waals surface area contributed by atoms with E-state index in [0.717, 1.165) is 26.9 Å². The molecule has 0 saturated carbocycles. The lowest BCUT2D eigenvalue weighted by atomic mass is 9.95. The minimum atomic E-state index is -0.388. The molecule has 2 amide bonds. The number of hydrogen-bond donors (Lipinski definition) is 3. The molecule has 3 N–H and O–H groups in total. The summed E-state index contributed by atoms with van der Waals surface area (Å²) >= 11 is 1.43. The third-order valence-corrected chi connectivity index (χ3v) is 8.30. The third kappa shape index (κ3) is 6.41. The van der Waals surface area contributed by atoms with E-state index in [-0.39, 0.29) is 29.7 Å². The molecule has 5 rings (SSSR count). The third-order valence-electron chi connectivity index (χ3n) is 7.35. The molecular weight excluding hydrogens is 568 g/mol. The first-order valence-electron chi connectivity index (χ1n) is 14.0. The number of para-hydroxylation sites is 1. The average Bonchev–Trinajstić information content (AvgIpc) is 3.26. The van der Waals surface area contributed by atoms with E-state index >= 15 is 0 Å². The molecule has 0 fully saturated rings. The fraction of sp³-hybridized carbons (Fsp3) is 0.312. The highest BCUT2D eigenvalue weighted by Crippen LogP contribution is 2.50. The number of ether oxygens (including phenoxy) is 3. The highest BCUT2D eigenvalue weighted by atomic mass is 32.1. The maximum absolute atomic E-state index is 13.4. The number of anilines is 2. The lowest BCUT2D eigenvalue weighted by molar-refractivity contribution is -0.119. The molecule has 10 nitrogen and oxygen atoms in total. The summed E-state index contributed by atoms with van der Waals surface area (Å²) in [7, 11) is 4.68. The number of methoxy groups -OCH3 is 3. The number of hydrogen-bond acceptors (Lipinski definition) is 9. The maximum atomic E-state index is 13.4. The molecule has 1 aliphatic rings. The second-order valence-electron chi connectivity index (χ2n) is 10.2. The fourth-order valence-electron chi connectivity index (χ4n) is 5.43. The van der Waals surface area contributed by atoms with Crippen LogP contribution < -0.4 is 35.6 Å². The average molecular weight is 603 g/mol. The molecule has 1 atom stereocenters. The van der Waals surface area contributed by atoms with Crippen molar-refractivity contribution in [3.8, 4) is 28.4 Å². The summed E-state index contributed by atoms with van der Waals surface area (Å²) < 4.78 is 18.1. The van der Waals surface area contributed by atoms with Crippen molar-refractivity contribution in [3.05, 3.63) is 69.9 Å². The molecule has 4 aromatic rings. The first-order chi connectivity index (χ1) is 20.8. The Labute approximate surface area is 253 Å². The maximum Gasteiger partial charge on any atom is 0.226 e. The van der Waals surface area contributed by atoms with Crippen LogP contribution in [0.1, 0.15) is 43.4 Å². The number of nitrogens with zero attached hydrogens (tertiary/aromatic N) is 1. The van der Waals surface area contributed by atoms with Crippen molar-refractivity contribution in [2.45, 2.75) is 38.6 Å². The molecule has 0 radical (unpaired) electrons. The summed E-state index contributed by atoms with van der Waals surface area (Å²) in [5, 5.41) is 9.63. The summed E-state index contributed by atoms with van der Waals surface area (Å²) in [4.78, 5) is 42.6. The molecule has 3 aromatic carbocycles. The summed E-state index contributed by atoms with van der Waals surface area (Å²) in [6, 6.07) is 14.4. The van der Waals surface area contributed by atoms with Gasteiger partial charge in [0.15, 0.2) is 16.6 Å². The van der Waals surface area contributed by atoms with Crippen molar-refractivity contribution in [2.75, 3.05) is 38.5 Å². The molecule has 11 heteroatoms. The zero-order valence-electron chi connectivity index (χ0n) is 24.5. The molecule has 0 bridgehead atoms. The number of aromatic nitrogens is 1. The first-order valence-corrected chi connectivity index (χ1v) is 14.8. The van der Waals surface area contributed by atoms with Crippen LogP contribution in [0.4, 0.5) is 10.8 Å². The number of aryl methyl sites for hydroxylation is 1. The van der Waals surface area contributed by atoms with Gasteiger partial charge in [0.2, 0.25) is 23.0 Å². The van der Waals surface area contributed by atoms with Crippen LogP contribution in [0.5, 0.6) is 17.2 Å². The topological polar surface area (TPSA) is 128 Å². The Balaban J connectivity index is 1.39. The monoisotopic (exact) mass is 602 g/mol. The van der Waals surface area contributed by atoms with E-state index < -0.39 is 0 Å². The zero-order valence-corrected chi connectivity index (χ0v) is 25.4. The Hall–Kier alpha value is -4.64. The predicted octanol–water partition coefficient (Wildman–Crippen LogP) is 5.30. The summed E-state index contributed by atoms with van der Waals surface area (Å²) in [6.45, 7) is 1.88. The number of nitrogens with one attached hydrogen (secondary N) is 3. The Bertz CT molecular complexity index is 1700. The second-order valence-corrected chi connectivity index (χ2v) is 11.2. The lowest BCUT2D eigenvalue weighted by Gasteiger charge is -2.19. The quantitative estimate of drug-likeness (QED) is 0.209. The van der Waals surface area contributed by atoms with Crippen LogP contribution in [0.3, 0.4) is 0 Å². The van der Waals surface area contributed by atoms with Gasteiger partial charge >= 0.3 is 0 Å². The molecule has 1 heterocycles. The van der Waals surface area contributed by atoms with E-state index in [1.807, 2.05) is 36.4 Å². The van der Waals surface area contributed by atoms with Gasteiger partial charge < -0.3 is 30.2 Å². The lowest BCUT2D eigenvalue weighted by Crippen LogP contribution is -2.26. The number of benzene rings is 2. The Morgan fingerprint density at radius 3 is 2.53 bits per heavy atom.